The van der Waals surface area contributed by atoms with Gasteiger partial charge in [0.15, 0.2) is 0 Å². The number of nitrogens with two attached hydrogens (primary N) is 1. The van der Waals surface area contributed by atoms with Crippen LogP contribution < -0.4 is 11.1 Å². The zero-order valence-corrected chi connectivity index (χ0v) is 12.4. The number of hydrogen-bond donors (Lipinski definition) is 3. The van der Waals surface area contributed by atoms with E-state index in [-0.39, 0.29) is 18.4 Å². The van der Waals surface area contributed by atoms with Crippen molar-refractivity contribution in [3.05, 3.63) is 18.0 Å². The highest BCUT2D eigenvalue weighted by atomic mass is 16.3. The Morgan fingerprint density at radius 3 is 3.19 bits per heavy atom. The lowest BCUT2D eigenvalue weighted by atomic mass is 9.97. The van der Waals surface area contributed by atoms with E-state index in [4.69, 9.17) is 10.8 Å². The average molecular weight is 295 g/mol. The van der Waals surface area contributed by atoms with Crippen molar-refractivity contribution < 1.29 is 9.90 Å². The third kappa shape index (κ3) is 4.80. The molecule has 1 fully saturated rings. The molecule has 0 aliphatic carbocycles. The first-order chi connectivity index (χ1) is 10.2. The molecule has 7 heteroatoms. The number of amides is 1. The van der Waals surface area contributed by atoms with Crippen LogP contribution in [-0.2, 0) is 17.9 Å². The van der Waals surface area contributed by atoms with Crippen LogP contribution in [0.25, 0.3) is 0 Å². The molecule has 2 rings (SSSR count). The average Bonchev–Trinajstić information content (AvgIpc) is 2.92. The first kappa shape index (κ1) is 15.9. The fourth-order valence-corrected chi connectivity index (χ4v) is 2.72. The van der Waals surface area contributed by atoms with Crippen molar-refractivity contribution in [3.8, 4) is 0 Å². The van der Waals surface area contributed by atoms with Crippen LogP contribution in [0.2, 0.25) is 0 Å². The van der Waals surface area contributed by atoms with Gasteiger partial charge in [-0.15, -0.1) is 0 Å². The molecule has 2 heterocycles. The summed E-state index contributed by atoms with van der Waals surface area (Å²) in [7, 11) is 0. The van der Waals surface area contributed by atoms with Crippen molar-refractivity contribution in [2.45, 2.75) is 25.9 Å². The summed E-state index contributed by atoms with van der Waals surface area (Å²) in [5.74, 6) is 0.166. The summed E-state index contributed by atoms with van der Waals surface area (Å²) in [5, 5.41) is 16.0. The molecule has 4 N–H and O–H groups in total. The van der Waals surface area contributed by atoms with Gasteiger partial charge in [-0.25, -0.2) is 0 Å². The van der Waals surface area contributed by atoms with Gasteiger partial charge < -0.3 is 16.2 Å². The molecule has 1 aliphatic heterocycles. The van der Waals surface area contributed by atoms with Crippen LogP contribution >= 0.6 is 0 Å². The van der Waals surface area contributed by atoms with Crippen molar-refractivity contribution in [1.82, 2.24) is 20.0 Å². The van der Waals surface area contributed by atoms with E-state index < -0.39 is 0 Å². The van der Waals surface area contributed by atoms with Gasteiger partial charge in [-0.1, -0.05) is 0 Å². The molecule has 0 aromatic carbocycles. The third-order valence-electron chi connectivity index (χ3n) is 3.74. The van der Waals surface area contributed by atoms with E-state index in [9.17, 15) is 4.79 Å². The minimum Gasteiger partial charge on any atom is -0.394 e. The lowest BCUT2D eigenvalue weighted by molar-refractivity contribution is -0.126. The van der Waals surface area contributed by atoms with Crippen LogP contribution in [0.15, 0.2) is 12.4 Å². The van der Waals surface area contributed by atoms with Crippen LogP contribution in [0.1, 0.15) is 18.4 Å². The van der Waals surface area contributed by atoms with Crippen molar-refractivity contribution in [3.63, 3.8) is 0 Å². The summed E-state index contributed by atoms with van der Waals surface area (Å²) in [4.78, 5) is 14.3. The van der Waals surface area contributed by atoms with Crippen LogP contribution in [-0.4, -0.2) is 58.5 Å². The maximum absolute atomic E-state index is 12.0. The van der Waals surface area contributed by atoms with Gasteiger partial charge in [0.2, 0.25) is 5.91 Å². The van der Waals surface area contributed by atoms with Gasteiger partial charge >= 0.3 is 0 Å². The Balaban J connectivity index is 1.84. The number of piperidine rings is 1. The first-order valence-electron chi connectivity index (χ1n) is 7.55. The molecular weight excluding hydrogens is 270 g/mol. The van der Waals surface area contributed by atoms with Crippen LogP contribution in [0, 0.1) is 5.92 Å². The van der Waals surface area contributed by atoms with E-state index in [0.717, 1.165) is 38.0 Å². The topological polar surface area (TPSA) is 96.4 Å². The Hall–Kier alpha value is -1.44. The number of nitrogens with one attached hydrogen (secondary N) is 1. The number of aliphatic hydroxyl groups is 1. The van der Waals surface area contributed by atoms with Gasteiger partial charge in [0.25, 0.3) is 0 Å². The van der Waals surface area contributed by atoms with Gasteiger partial charge in [0.05, 0.1) is 25.3 Å². The summed E-state index contributed by atoms with van der Waals surface area (Å²) < 4.78 is 1.74. The van der Waals surface area contributed by atoms with E-state index in [1.165, 1.54) is 0 Å². The van der Waals surface area contributed by atoms with Crippen molar-refractivity contribution in [2.24, 2.45) is 11.7 Å². The van der Waals surface area contributed by atoms with Gasteiger partial charge in [0, 0.05) is 37.9 Å². The lowest BCUT2D eigenvalue weighted by Crippen LogP contribution is -2.43. The lowest BCUT2D eigenvalue weighted by Gasteiger charge is -2.31. The van der Waals surface area contributed by atoms with E-state index in [1.54, 1.807) is 4.68 Å². The third-order valence-corrected chi connectivity index (χ3v) is 3.74. The molecule has 1 unspecified atom stereocenters. The molecule has 0 bridgehead atoms. The van der Waals surface area contributed by atoms with E-state index in [1.807, 2.05) is 12.4 Å². The molecule has 1 aromatic heterocycles. The Labute approximate surface area is 125 Å². The highest BCUT2D eigenvalue weighted by Gasteiger charge is 2.25. The molecule has 1 atom stereocenters. The molecule has 0 radical (unpaired) electrons. The number of carbonyl (C=O) groups is 1. The Morgan fingerprint density at radius 2 is 2.43 bits per heavy atom. The number of hydrogen-bond acceptors (Lipinski definition) is 5. The van der Waals surface area contributed by atoms with Gasteiger partial charge in [-0.05, 0) is 19.4 Å². The molecule has 1 amide bonds. The Kier molecular flexibility index (Phi) is 6.16. The molecule has 7 nitrogen and oxygen atoms in total. The van der Waals surface area contributed by atoms with E-state index >= 15 is 0 Å². The molecule has 1 saturated heterocycles. The molecule has 118 valence electrons. The number of rotatable bonds is 7. The van der Waals surface area contributed by atoms with Crippen molar-refractivity contribution in [2.75, 3.05) is 32.8 Å². The SMILES string of the molecule is NCCNC(=O)C1CCCN(Cc2cnn(CCO)c2)C1. The smallest absolute Gasteiger partial charge is 0.224 e. The van der Waals surface area contributed by atoms with Gasteiger partial charge in [-0.3, -0.25) is 14.4 Å². The van der Waals surface area contributed by atoms with Crippen LogP contribution in [0.3, 0.4) is 0 Å². The number of aliphatic hydroxyl groups excluding tert-OH is 1. The number of likely N-dealkylation sites (tertiary alicyclic amines) is 1. The standard InChI is InChI=1S/C14H25N5O2/c15-3-4-16-14(21)13-2-1-5-18(11-13)9-12-8-17-19(10-12)6-7-20/h8,10,13,20H,1-7,9,11,15H2,(H,16,21). The van der Waals surface area contributed by atoms with Gasteiger partial charge in [0.1, 0.15) is 0 Å². The van der Waals surface area contributed by atoms with Crippen LogP contribution in [0.4, 0.5) is 0 Å². The minimum absolute atomic E-state index is 0.0535. The molecule has 0 saturated carbocycles. The number of nitrogens with zero attached hydrogens (tertiary/aromatic N) is 3. The van der Waals surface area contributed by atoms with Crippen LogP contribution in [0.5, 0.6) is 0 Å². The van der Waals surface area contributed by atoms with Crippen molar-refractivity contribution >= 4 is 5.91 Å². The normalized spacial score (nSPS) is 19.6. The summed E-state index contributed by atoms with van der Waals surface area (Å²) in [6.07, 6.45) is 5.75. The summed E-state index contributed by atoms with van der Waals surface area (Å²) in [6.45, 7) is 4.22. The predicted molar refractivity (Wildman–Crippen MR) is 79.4 cm³/mol. The van der Waals surface area contributed by atoms with Gasteiger partial charge in [-0.2, -0.15) is 5.10 Å². The monoisotopic (exact) mass is 295 g/mol. The zero-order chi connectivity index (χ0) is 15.1. The second kappa shape index (κ2) is 8.11. The number of aromatic nitrogens is 2. The second-order valence-corrected chi connectivity index (χ2v) is 5.49. The highest BCUT2D eigenvalue weighted by molar-refractivity contribution is 5.78. The Bertz CT molecular complexity index is 448. The first-order valence-corrected chi connectivity index (χ1v) is 7.55. The zero-order valence-electron chi connectivity index (χ0n) is 12.4. The quantitative estimate of drug-likeness (QED) is 0.610. The van der Waals surface area contributed by atoms with E-state index in [0.29, 0.717) is 19.6 Å². The maximum atomic E-state index is 12.0. The molecule has 21 heavy (non-hydrogen) atoms. The molecule has 1 aliphatic rings. The minimum atomic E-state index is 0.0535. The molecule has 1 aromatic rings. The second-order valence-electron chi connectivity index (χ2n) is 5.49. The summed E-state index contributed by atoms with van der Waals surface area (Å²) >= 11 is 0. The molecule has 0 spiro atoms. The summed E-state index contributed by atoms with van der Waals surface area (Å²) in [5.41, 5.74) is 6.53. The van der Waals surface area contributed by atoms with Crippen molar-refractivity contribution in [1.29, 1.82) is 0 Å². The largest absolute Gasteiger partial charge is 0.394 e. The highest BCUT2D eigenvalue weighted by Crippen LogP contribution is 2.18. The fourth-order valence-electron chi connectivity index (χ4n) is 2.72. The Morgan fingerprint density at radius 1 is 1.57 bits per heavy atom. The predicted octanol–water partition coefficient (Wildman–Crippen LogP) is -0.838. The maximum Gasteiger partial charge on any atom is 0.224 e. The van der Waals surface area contributed by atoms with E-state index in [2.05, 4.69) is 15.3 Å². The number of carbonyl (C=O) groups excluding carboxylic acids is 1. The summed E-state index contributed by atoms with van der Waals surface area (Å²) in [6, 6.07) is 0. The fraction of sp³-hybridized carbons (Fsp3) is 0.714. The molecular formula is C14H25N5O2.